The largest absolute Gasteiger partial charge is 0.481 e. The standard InChI is InChI=1S/C18H20F3N3O4/c1-17(15(26)27)5-6-23(10-17)16(28)22-12-8-14(25)24(9-12)13-4-2-3-11(7-13)18(19,20)21/h2-4,7,12H,5-6,8-10H2,1H3,(H,22,28)(H,26,27). The highest BCUT2D eigenvalue weighted by molar-refractivity contribution is 5.97. The Balaban J connectivity index is 1.64. The summed E-state index contributed by atoms with van der Waals surface area (Å²) in [6, 6.07) is 3.43. The molecular formula is C18H20F3N3O4. The van der Waals surface area contributed by atoms with Gasteiger partial charge in [0.2, 0.25) is 5.91 Å². The fourth-order valence-corrected chi connectivity index (χ4v) is 3.48. The van der Waals surface area contributed by atoms with E-state index >= 15 is 0 Å². The number of urea groups is 1. The molecule has 28 heavy (non-hydrogen) atoms. The maximum atomic E-state index is 12.9. The number of carboxylic acid groups (broad SMARTS) is 1. The summed E-state index contributed by atoms with van der Waals surface area (Å²) >= 11 is 0. The predicted molar refractivity (Wildman–Crippen MR) is 92.7 cm³/mol. The van der Waals surface area contributed by atoms with Crippen LogP contribution in [0, 0.1) is 5.41 Å². The van der Waals surface area contributed by atoms with E-state index in [4.69, 9.17) is 0 Å². The second-order valence-electron chi connectivity index (χ2n) is 7.44. The van der Waals surface area contributed by atoms with Crippen LogP contribution >= 0.6 is 0 Å². The first-order valence-corrected chi connectivity index (χ1v) is 8.76. The fourth-order valence-electron chi connectivity index (χ4n) is 3.48. The SMILES string of the molecule is CC1(C(=O)O)CCN(C(=O)NC2CC(=O)N(c3cccc(C(F)(F)F)c3)C2)C1. The van der Waals surface area contributed by atoms with E-state index in [9.17, 15) is 32.7 Å². The van der Waals surface area contributed by atoms with Crippen molar-refractivity contribution in [1.29, 1.82) is 0 Å². The maximum absolute atomic E-state index is 12.9. The first kappa shape index (κ1) is 20.0. The van der Waals surface area contributed by atoms with Gasteiger partial charge < -0.3 is 20.2 Å². The molecule has 2 unspecified atom stereocenters. The molecule has 3 amide bonds. The van der Waals surface area contributed by atoms with Crippen molar-refractivity contribution < 1.29 is 32.7 Å². The number of rotatable bonds is 3. The summed E-state index contributed by atoms with van der Waals surface area (Å²) in [6.07, 6.45) is -4.22. The van der Waals surface area contributed by atoms with Crippen molar-refractivity contribution in [1.82, 2.24) is 10.2 Å². The first-order chi connectivity index (χ1) is 13.0. The molecule has 1 aromatic carbocycles. The van der Waals surface area contributed by atoms with Gasteiger partial charge in [0.05, 0.1) is 17.0 Å². The molecule has 2 atom stereocenters. The summed E-state index contributed by atoms with van der Waals surface area (Å²) < 4.78 is 38.7. The normalized spacial score (nSPS) is 25.3. The average Bonchev–Trinajstić information content (AvgIpc) is 3.18. The number of halogens is 3. The second-order valence-corrected chi connectivity index (χ2v) is 7.44. The van der Waals surface area contributed by atoms with Gasteiger partial charge in [-0.15, -0.1) is 0 Å². The monoisotopic (exact) mass is 399 g/mol. The van der Waals surface area contributed by atoms with Crippen LogP contribution in [0.4, 0.5) is 23.7 Å². The highest BCUT2D eigenvalue weighted by Crippen LogP contribution is 2.33. The molecule has 2 fully saturated rings. The van der Waals surface area contributed by atoms with E-state index in [1.807, 2.05) is 0 Å². The third-order valence-electron chi connectivity index (χ3n) is 5.21. The molecule has 152 valence electrons. The molecule has 0 aliphatic carbocycles. The van der Waals surface area contributed by atoms with E-state index in [-0.39, 0.29) is 37.6 Å². The quantitative estimate of drug-likeness (QED) is 0.816. The van der Waals surface area contributed by atoms with Crippen molar-refractivity contribution in [2.45, 2.75) is 32.0 Å². The fraction of sp³-hybridized carbons (Fsp3) is 0.500. The lowest BCUT2D eigenvalue weighted by Crippen LogP contribution is -2.46. The zero-order valence-corrected chi connectivity index (χ0v) is 15.1. The van der Waals surface area contributed by atoms with Crippen molar-refractivity contribution in [3.63, 3.8) is 0 Å². The molecule has 7 nitrogen and oxygen atoms in total. The lowest BCUT2D eigenvalue weighted by Gasteiger charge is -2.23. The minimum absolute atomic E-state index is 0.0357. The molecular weight excluding hydrogens is 379 g/mol. The van der Waals surface area contributed by atoms with Crippen LogP contribution < -0.4 is 10.2 Å². The Bertz CT molecular complexity index is 814. The number of carboxylic acids is 1. The molecule has 2 heterocycles. The van der Waals surface area contributed by atoms with Crippen molar-refractivity contribution in [2.75, 3.05) is 24.5 Å². The highest BCUT2D eigenvalue weighted by Gasteiger charge is 2.43. The van der Waals surface area contributed by atoms with Gasteiger partial charge in [-0.05, 0) is 31.5 Å². The number of hydrogen-bond acceptors (Lipinski definition) is 3. The van der Waals surface area contributed by atoms with Gasteiger partial charge in [0.1, 0.15) is 0 Å². The van der Waals surface area contributed by atoms with Gasteiger partial charge >= 0.3 is 18.2 Å². The summed E-state index contributed by atoms with van der Waals surface area (Å²) in [5.74, 6) is -1.36. The zero-order valence-electron chi connectivity index (χ0n) is 15.1. The lowest BCUT2D eigenvalue weighted by molar-refractivity contribution is -0.147. The molecule has 2 aliphatic rings. The summed E-state index contributed by atoms with van der Waals surface area (Å²) in [6.45, 7) is 1.96. The topological polar surface area (TPSA) is 90.0 Å². The van der Waals surface area contributed by atoms with Crippen LogP contribution in [0.25, 0.3) is 0 Å². The molecule has 2 N–H and O–H groups in total. The number of nitrogens with zero attached hydrogens (tertiary/aromatic N) is 2. The Labute approximate surface area is 159 Å². The number of benzene rings is 1. The third kappa shape index (κ3) is 3.90. The highest BCUT2D eigenvalue weighted by atomic mass is 19.4. The average molecular weight is 399 g/mol. The molecule has 2 saturated heterocycles. The van der Waals surface area contributed by atoms with Crippen molar-refractivity contribution >= 4 is 23.6 Å². The van der Waals surface area contributed by atoms with Crippen molar-refractivity contribution in [3.8, 4) is 0 Å². The maximum Gasteiger partial charge on any atom is 0.416 e. The third-order valence-corrected chi connectivity index (χ3v) is 5.21. The van der Waals surface area contributed by atoms with Gasteiger partial charge in [-0.25, -0.2) is 4.79 Å². The van der Waals surface area contributed by atoms with Crippen molar-refractivity contribution in [3.05, 3.63) is 29.8 Å². The molecule has 0 aromatic heterocycles. The second kappa shape index (κ2) is 6.99. The lowest BCUT2D eigenvalue weighted by atomic mass is 9.90. The summed E-state index contributed by atoms with van der Waals surface area (Å²) in [5, 5.41) is 11.9. The first-order valence-electron chi connectivity index (χ1n) is 8.76. The zero-order chi connectivity index (χ0) is 20.7. The minimum atomic E-state index is -4.51. The molecule has 3 rings (SSSR count). The number of amides is 3. The molecule has 1 aromatic rings. The van der Waals surface area contributed by atoms with E-state index in [2.05, 4.69) is 5.32 Å². The number of alkyl halides is 3. The summed E-state index contributed by atoms with van der Waals surface area (Å²) in [4.78, 5) is 38.5. The van der Waals surface area contributed by atoms with Gasteiger partial charge in [0, 0.05) is 31.7 Å². The number of likely N-dealkylation sites (tertiary alicyclic amines) is 1. The molecule has 0 bridgehead atoms. The predicted octanol–water partition coefficient (Wildman–Crippen LogP) is 2.32. The van der Waals surface area contributed by atoms with E-state index in [0.717, 1.165) is 12.1 Å². The number of aliphatic carboxylic acids is 1. The van der Waals surface area contributed by atoms with Crippen molar-refractivity contribution in [2.24, 2.45) is 5.41 Å². The smallest absolute Gasteiger partial charge is 0.416 e. The Morgan fingerprint density at radius 1 is 1.32 bits per heavy atom. The number of carbonyl (C=O) groups is 3. The van der Waals surface area contributed by atoms with Crippen LogP contribution in [0.2, 0.25) is 0 Å². The van der Waals surface area contributed by atoms with Crippen LogP contribution in [0.5, 0.6) is 0 Å². The van der Waals surface area contributed by atoms with E-state index < -0.39 is 35.2 Å². The molecule has 10 heteroatoms. The number of hydrogen-bond donors (Lipinski definition) is 2. The van der Waals surface area contributed by atoms with E-state index in [1.54, 1.807) is 6.92 Å². The Kier molecular flexibility index (Phi) is 4.99. The summed E-state index contributed by atoms with van der Waals surface area (Å²) in [5.41, 5.74) is -1.74. The number of anilines is 1. The van der Waals surface area contributed by atoms with Gasteiger partial charge in [-0.3, -0.25) is 9.59 Å². The molecule has 0 spiro atoms. The van der Waals surface area contributed by atoms with Crippen LogP contribution in [-0.2, 0) is 15.8 Å². The van der Waals surface area contributed by atoms with Crippen LogP contribution in [-0.4, -0.2) is 53.6 Å². The van der Waals surface area contributed by atoms with E-state index in [0.29, 0.717) is 6.42 Å². The van der Waals surface area contributed by atoms with E-state index in [1.165, 1.54) is 21.9 Å². The Morgan fingerprint density at radius 2 is 2.04 bits per heavy atom. The van der Waals surface area contributed by atoms with Gasteiger partial charge in [0.15, 0.2) is 0 Å². The molecule has 0 radical (unpaired) electrons. The van der Waals surface area contributed by atoms with Gasteiger partial charge in [-0.1, -0.05) is 6.07 Å². The van der Waals surface area contributed by atoms with Crippen LogP contribution in [0.1, 0.15) is 25.3 Å². The van der Waals surface area contributed by atoms with Gasteiger partial charge in [-0.2, -0.15) is 13.2 Å². The van der Waals surface area contributed by atoms with Gasteiger partial charge in [0.25, 0.3) is 0 Å². The molecule has 2 aliphatic heterocycles. The number of carbonyl (C=O) groups excluding carboxylic acids is 2. The Hall–Kier alpha value is -2.78. The summed E-state index contributed by atoms with van der Waals surface area (Å²) in [7, 11) is 0. The molecule has 0 saturated carbocycles. The van der Waals surface area contributed by atoms with Crippen LogP contribution in [0.15, 0.2) is 24.3 Å². The minimum Gasteiger partial charge on any atom is -0.481 e. The number of nitrogens with one attached hydrogen (secondary N) is 1. The Morgan fingerprint density at radius 3 is 2.64 bits per heavy atom. The van der Waals surface area contributed by atoms with Crippen LogP contribution in [0.3, 0.4) is 0 Å².